The second kappa shape index (κ2) is 5.73. The van der Waals surface area contributed by atoms with E-state index in [1.54, 1.807) is 0 Å². The fourth-order valence-corrected chi connectivity index (χ4v) is 3.40. The summed E-state index contributed by atoms with van der Waals surface area (Å²) in [6, 6.07) is 2.09. The number of hydrogen-bond acceptors (Lipinski definition) is 2. The molecule has 0 aromatic carbocycles. The maximum absolute atomic E-state index is 4.15. The van der Waals surface area contributed by atoms with Crippen molar-refractivity contribution in [2.75, 3.05) is 11.9 Å². The maximum Gasteiger partial charge on any atom is 0.0400 e. The zero-order chi connectivity index (χ0) is 13.0. The first-order valence-corrected chi connectivity index (χ1v) is 7.26. The number of nitrogens with one attached hydrogen (secondary N) is 1. The van der Waals surface area contributed by atoms with Crippen molar-refractivity contribution in [3.05, 3.63) is 24.0 Å². The van der Waals surface area contributed by atoms with Gasteiger partial charge in [0, 0.05) is 24.6 Å². The minimum atomic E-state index is 0.532. The van der Waals surface area contributed by atoms with Crippen LogP contribution in [0.15, 0.2) is 18.5 Å². The van der Waals surface area contributed by atoms with Crippen molar-refractivity contribution in [3.8, 4) is 0 Å². The summed E-state index contributed by atoms with van der Waals surface area (Å²) in [7, 11) is 0. The van der Waals surface area contributed by atoms with E-state index in [4.69, 9.17) is 0 Å². The van der Waals surface area contributed by atoms with Crippen LogP contribution in [0, 0.1) is 18.3 Å². The van der Waals surface area contributed by atoms with Gasteiger partial charge in [0.2, 0.25) is 0 Å². The quantitative estimate of drug-likeness (QED) is 0.832. The number of nitrogens with zero attached hydrogens (tertiary/aromatic N) is 1. The Kier molecular flexibility index (Phi) is 4.26. The highest BCUT2D eigenvalue weighted by Gasteiger charge is 2.34. The molecule has 1 aliphatic carbocycles. The van der Waals surface area contributed by atoms with Crippen molar-refractivity contribution >= 4 is 5.69 Å². The first-order valence-electron chi connectivity index (χ1n) is 7.26. The Morgan fingerprint density at radius 3 is 2.67 bits per heavy atom. The van der Waals surface area contributed by atoms with Gasteiger partial charge in [-0.15, -0.1) is 0 Å². The number of hydrogen-bond donors (Lipinski definition) is 1. The van der Waals surface area contributed by atoms with Crippen molar-refractivity contribution in [2.45, 2.75) is 52.9 Å². The molecule has 1 aliphatic rings. The average molecular weight is 246 g/mol. The Morgan fingerprint density at radius 1 is 1.33 bits per heavy atom. The molecule has 2 nitrogen and oxygen atoms in total. The Bertz CT molecular complexity index is 378. The van der Waals surface area contributed by atoms with Crippen molar-refractivity contribution in [1.29, 1.82) is 0 Å². The first-order chi connectivity index (χ1) is 8.61. The molecule has 1 aromatic rings. The number of aromatic nitrogens is 1. The van der Waals surface area contributed by atoms with Crippen LogP contribution in [0.25, 0.3) is 0 Å². The molecule has 0 spiro atoms. The number of pyridine rings is 1. The SMILES string of the molecule is Cc1cnccc1NCC1(CC(C)C)CCCC1. The van der Waals surface area contributed by atoms with Crippen LogP contribution in [0.2, 0.25) is 0 Å². The van der Waals surface area contributed by atoms with E-state index in [1.807, 2.05) is 12.4 Å². The zero-order valence-corrected chi connectivity index (χ0v) is 12.0. The van der Waals surface area contributed by atoms with E-state index in [9.17, 15) is 0 Å². The van der Waals surface area contributed by atoms with Crippen molar-refractivity contribution in [1.82, 2.24) is 4.98 Å². The van der Waals surface area contributed by atoms with Gasteiger partial charge in [0.25, 0.3) is 0 Å². The molecule has 100 valence electrons. The van der Waals surface area contributed by atoms with E-state index in [0.717, 1.165) is 12.5 Å². The maximum atomic E-state index is 4.15. The molecule has 0 atom stereocenters. The van der Waals surface area contributed by atoms with Gasteiger partial charge in [-0.05, 0) is 49.1 Å². The van der Waals surface area contributed by atoms with Crippen molar-refractivity contribution in [2.24, 2.45) is 11.3 Å². The monoisotopic (exact) mass is 246 g/mol. The summed E-state index contributed by atoms with van der Waals surface area (Å²) in [6.07, 6.45) is 10.8. The second-order valence-electron chi connectivity index (χ2n) is 6.35. The summed E-state index contributed by atoms with van der Waals surface area (Å²) < 4.78 is 0. The largest absolute Gasteiger partial charge is 0.384 e. The van der Waals surface area contributed by atoms with Gasteiger partial charge < -0.3 is 5.32 Å². The Balaban J connectivity index is 2.00. The van der Waals surface area contributed by atoms with E-state index >= 15 is 0 Å². The van der Waals surface area contributed by atoms with Crippen LogP contribution in [-0.2, 0) is 0 Å². The summed E-state index contributed by atoms with van der Waals surface area (Å²) >= 11 is 0. The predicted octanol–water partition coefficient (Wildman–Crippen LogP) is 4.41. The fourth-order valence-electron chi connectivity index (χ4n) is 3.40. The van der Waals surface area contributed by atoms with Gasteiger partial charge in [0.1, 0.15) is 0 Å². The van der Waals surface area contributed by atoms with Crippen LogP contribution < -0.4 is 5.32 Å². The smallest absolute Gasteiger partial charge is 0.0400 e. The van der Waals surface area contributed by atoms with Crippen LogP contribution in [0.5, 0.6) is 0 Å². The third-order valence-electron chi connectivity index (χ3n) is 4.18. The lowest BCUT2D eigenvalue weighted by molar-refractivity contribution is 0.252. The molecule has 0 aliphatic heterocycles. The molecule has 0 amide bonds. The highest BCUT2D eigenvalue weighted by molar-refractivity contribution is 5.48. The summed E-state index contributed by atoms with van der Waals surface area (Å²) in [5, 5.41) is 3.66. The first kappa shape index (κ1) is 13.4. The van der Waals surface area contributed by atoms with E-state index < -0.39 is 0 Å². The molecule has 0 saturated heterocycles. The number of rotatable bonds is 5. The van der Waals surface area contributed by atoms with Gasteiger partial charge in [-0.3, -0.25) is 4.98 Å². The minimum absolute atomic E-state index is 0.532. The molecular weight excluding hydrogens is 220 g/mol. The van der Waals surface area contributed by atoms with Crippen LogP contribution >= 0.6 is 0 Å². The highest BCUT2D eigenvalue weighted by atomic mass is 14.9. The Hall–Kier alpha value is -1.05. The Morgan fingerprint density at radius 2 is 2.06 bits per heavy atom. The third kappa shape index (κ3) is 3.24. The lowest BCUT2D eigenvalue weighted by Crippen LogP contribution is -2.28. The Labute approximate surface area is 111 Å². The van der Waals surface area contributed by atoms with E-state index in [-0.39, 0.29) is 0 Å². The molecule has 2 rings (SSSR count). The second-order valence-corrected chi connectivity index (χ2v) is 6.35. The standard InChI is InChI=1S/C16H26N2/c1-13(2)10-16(7-4-5-8-16)12-18-15-6-9-17-11-14(15)3/h6,9,11,13H,4-5,7-8,10,12H2,1-3H3,(H,17,18). The molecule has 1 heterocycles. The lowest BCUT2D eigenvalue weighted by Gasteiger charge is -2.32. The normalized spacial score (nSPS) is 18.2. The molecule has 1 saturated carbocycles. The molecule has 18 heavy (non-hydrogen) atoms. The molecule has 2 heteroatoms. The van der Waals surface area contributed by atoms with Crippen molar-refractivity contribution < 1.29 is 0 Å². The molecule has 0 bridgehead atoms. The molecule has 1 N–H and O–H groups in total. The fraction of sp³-hybridized carbons (Fsp3) is 0.688. The average Bonchev–Trinajstić information content (AvgIpc) is 2.76. The topological polar surface area (TPSA) is 24.9 Å². The van der Waals surface area contributed by atoms with E-state index in [2.05, 4.69) is 37.1 Å². The third-order valence-corrected chi connectivity index (χ3v) is 4.18. The number of anilines is 1. The molecule has 1 aromatic heterocycles. The number of aryl methyl sites for hydroxylation is 1. The summed E-state index contributed by atoms with van der Waals surface area (Å²) in [4.78, 5) is 4.15. The van der Waals surface area contributed by atoms with Gasteiger partial charge in [-0.2, -0.15) is 0 Å². The zero-order valence-electron chi connectivity index (χ0n) is 12.0. The summed E-state index contributed by atoms with van der Waals surface area (Å²) in [6.45, 7) is 7.94. The van der Waals surface area contributed by atoms with Crippen LogP contribution in [0.1, 0.15) is 51.5 Å². The van der Waals surface area contributed by atoms with Gasteiger partial charge in [0.15, 0.2) is 0 Å². The predicted molar refractivity (Wildman–Crippen MR) is 77.8 cm³/mol. The van der Waals surface area contributed by atoms with Gasteiger partial charge in [-0.25, -0.2) is 0 Å². The van der Waals surface area contributed by atoms with Crippen molar-refractivity contribution in [3.63, 3.8) is 0 Å². The van der Waals surface area contributed by atoms with E-state index in [1.165, 1.54) is 43.4 Å². The summed E-state index contributed by atoms with van der Waals surface area (Å²) in [5.41, 5.74) is 3.03. The minimum Gasteiger partial charge on any atom is -0.384 e. The molecule has 1 fully saturated rings. The van der Waals surface area contributed by atoms with Crippen LogP contribution in [0.4, 0.5) is 5.69 Å². The van der Waals surface area contributed by atoms with E-state index in [0.29, 0.717) is 5.41 Å². The van der Waals surface area contributed by atoms with Gasteiger partial charge in [0.05, 0.1) is 0 Å². The molecular formula is C16H26N2. The van der Waals surface area contributed by atoms with Gasteiger partial charge >= 0.3 is 0 Å². The molecule has 0 unspecified atom stereocenters. The molecule has 0 radical (unpaired) electrons. The lowest BCUT2D eigenvalue weighted by atomic mass is 9.78. The summed E-state index contributed by atoms with van der Waals surface area (Å²) in [5.74, 6) is 0.795. The van der Waals surface area contributed by atoms with Crippen LogP contribution in [0.3, 0.4) is 0 Å². The highest BCUT2D eigenvalue weighted by Crippen LogP contribution is 2.43. The van der Waals surface area contributed by atoms with Crippen LogP contribution in [-0.4, -0.2) is 11.5 Å². The van der Waals surface area contributed by atoms with Gasteiger partial charge in [-0.1, -0.05) is 26.7 Å².